The summed E-state index contributed by atoms with van der Waals surface area (Å²) in [5.41, 5.74) is 0.691. The average Bonchev–Trinajstić information content (AvgIpc) is 2.94. The predicted molar refractivity (Wildman–Crippen MR) is 59.3 cm³/mol. The van der Waals surface area contributed by atoms with Gasteiger partial charge in [-0.25, -0.2) is 4.39 Å². The topological polar surface area (TPSA) is 37.3 Å². The third-order valence-corrected chi connectivity index (χ3v) is 3.56. The molecule has 86 valence electrons. The monoisotopic (exact) mass is 242 g/mol. The highest BCUT2D eigenvalue weighted by atomic mass is 35.5. The molecule has 1 fully saturated rings. The Morgan fingerprint density at radius 3 is 2.69 bits per heavy atom. The molecule has 0 bridgehead atoms. The second-order valence-corrected chi connectivity index (χ2v) is 4.79. The zero-order chi connectivity index (χ0) is 11.9. The summed E-state index contributed by atoms with van der Waals surface area (Å²) in [7, 11) is 0. The van der Waals surface area contributed by atoms with Crippen LogP contribution in [-0.4, -0.2) is 11.1 Å². The highest BCUT2D eigenvalue weighted by molar-refractivity contribution is 6.31. The molecule has 1 aliphatic rings. The van der Waals surface area contributed by atoms with Gasteiger partial charge in [-0.05, 0) is 30.9 Å². The lowest BCUT2D eigenvalue weighted by Gasteiger charge is -2.16. The second kappa shape index (κ2) is 3.74. The zero-order valence-corrected chi connectivity index (χ0v) is 9.64. The van der Waals surface area contributed by atoms with Crippen molar-refractivity contribution in [2.24, 2.45) is 0 Å². The van der Waals surface area contributed by atoms with Crippen LogP contribution < -0.4 is 0 Å². The number of hydrogen-bond donors (Lipinski definition) is 1. The van der Waals surface area contributed by atoms with Gasteiger partial charge < -0.3 is 5.11 Å². The minimum Gasteiger partial charge on any atom is -0.481 e. The summed E-state index contributed by atoms with van der Waals surface area (Å²) in [5.74, 6) is -1.30. The fourth-order valence-corrected chi connectivity index (χ4v) is 2.45. The van der Waals surface area contributed by atoms with Crippen LogP contribution in [0.1, 0.15) is 30.4 Å². The van der Waals surface area contributed by atoms with Crippen molar-refractivity contribution in [3.63, 3.8) is 0 Å². The minimum atomic E-state index is -0.866. The van der Waals surface area contributed by atoms with Crippen LogP contribution in [0.15, 0.2) is 12.1 Å². The maximum absolute atomic E-state index is 13.6. The van der Waals surface area contributed by atoms with Crippen molar-refractivity contribution in [2.45, 2.75) is 31.6 Å². The highest BCUT2D eigenvalue weighted by Gasteiger charge is 2.47. The molecule has 1 N–H and O–H groups in total. The first-order valence-electron chi connectivity index (χ1n) is 5.13. The van der Waals surface area contributed by atoms with Crippen molar-refractivity contribution in [1.29, 1.82) is 0 Å². The number of rotatable bonds is 3. The number of aliphatic carboxylic acids is 1. The Kier molecular flexibility index (Phi) is 2.66. The van der Waals surface area contributed by atoms with E-state index in [-0.39, 0.29) is 11.4 Å². The van der Waals surface area contributed by atoms with Crippen LogP contribution >= 0.6 is 11.6 Å². The molecule has 0 unspecified atom stereocenters. The molecule has 1 aromatic carbocycles. The summed E-state index contributed by atoms with van der Waals surface area (Å²) in [4.78, 5) is 10.8. The lowest BCUT2D eigenvalue weighted by molar-refractivity contribution is -0.137. The second-order valence-electron chi connectivity index (χ2n) is 4.41. The van der Waals surface area contributed by atoms with Crippen molar-refractivity contribution >= 4 is 17.6 Å². The Morgan fingerprint density at radius 2 is 2.19 bits per heavy atom. The summed E-state index contributed by atoms with van der Waals surface area (Å²) in [6.45, 7) is 1.64. The number of carbonyl (C=O) groups is 1. The molecule has 0 atom stereocenters. The zero-order valence-electron chi connectivity index (χ0n) is 8.89. The van der Waals surface area contributed by atoms with Gasteiger partial charge >= 0.3 is 5.97 Å². The van der Waals surface area contributed by atoms with Crippen LogP contribution in [0.4, 0.5) is 4.39 Å². The number of carboxylic acid groups (broad SMARTS) is 1. The van der Waals surface area contributed by atoms with E-state index in [0.717, 1.165) is 12.8 Å². The lowest BCUT2D eigenvalue weighted by Crippen LogP contribution is -2.14. The van der Waals surface area contributed by atoms with E-state index in [4.69, 9.17) is 16.7 Å². The van der Waals surface area contributed by atoms with E-state index in [1.807, 2.05) is 0 Å². The van der Waals surface area contributed by atoms with Gasteiger partial charge in [0.25, 0.3) is 0 Å². The smallest absolute Gasteiger partial charge is 0.304 e. The van der Waals surface area contributed by atoms with Gasteiger partial charge in [-0.2, -0.15) is 0 Å². The third kappa shape index (κ3) is 1.80. The molecule has 2 rings (SSSR count). The summed E-state index contributed by atoms with van der Waals surface area (Å²) >= 11 is 5.94. The number of benzene rings is 1. The van der Waals surface area contributed by atoms with Crippen LogP contribution in [0, 0.1) is 12.7 Å². The van der Waals surface area contributed by atoms with Gasteiger partial charge in [0.15, 0.2) is 0 Å². The molecule has 16 heavy (non-hydrogen) atoms. The van der Waals surface area contributed by atoms with E-state index in [1.54, 1.807) is 19.1 Å². The Bertz CT molecular complexity index is 453. The van der Waals surface area contributed by atoms with Crippen LogP contribution in [-0.2, 0) is 10.2 Å². The van der Waals surface area contributed by atoms with Crippen LogP contribution in [0.25, 0.3) is 0 Å². The SMILES string of the molecule is Cc1ccc(C2(CC(=O)O)CC2)c(Cl)c1F. The van der Waals surface area contributed by atoms with Gasteiger partial charge in [-0.3, -0.25) is 4.79 Å². The lowest BCUT2D eigenvalue weighted by atomic mass is 9.91. The summed E-state index contributed by atoms with van der Waals surface area (Å²) < 4.78 is 13.6. The fraction of sp³-hybridized carbons (Fsp3) is 0.417. The first-order chi connectivity index (χ1) is 7.46. The van der Waals surface area contributed by atoms with Gasteiger partial charge in [-0.1, -0.05) is 23.7 Å². The van der Waals surface area contributed by atoms with E-state index in [1.165, 1.54) is 0 Å². The van der Waals surface area contributed by atoms with Crippen LogP contribution in [0.3, 0.4) is 0 Å². The first-order valence-corrected chi connectivity index (χ1v) is 5.51. The molecule has 0 spiro atoms. The molecule has 0 radical (unpaired) electrons. The van der Waals surface area contributed by atoms with Crippen LogP contribution in [0.5, 0.6) is 0 Å². The molecule has 1 aromatic rings. The van der Waals surface area contributed by atoms with Crippen molar-refractivity contribution in [1.82, 2.24) is 0 Å². The Labute approximate surface area is 98.0 Å². The molecule has 0 aliphatic heterocycles. The van der Waals surface area contributed by atoms with Gasteiger partial charge in [0.1, 0.15) is 5.82 Å². The molecule has 0 heterocycles. The summed E-state index contributed by atoms with van der Waals surface area (Å²) in [5, 5.41) is 8.91. The van der Waals surface area contributed by atoms with E-state index in [9.17, 15) is 9.18 Å². The van der Waals surface area contributed by atoms with E-state index >= 15 is 0 Å². The van der Waals surface area contributed by atoms with Gasteiger partial charge in [0, 0.05) is 5.41 Å². The molecule has 0 amide bonds. The highest BCUT2D eigenvalue weighted by Crippen LogP contribution is 2.53. The van der Waals surface area contributed by atoms with Crippen molar-refractivity contribution < 1.29 is 14.3 Å². The van der Waals surface area contributed by atoms with Gasteiger partial charge in [0.05, 0.1) is 11.4 Å². The number of carboxylic acids is 1. The summed E-state index contributed by atoms with van der Waals surface area (Å²) in [6, 6.07) is 3.40. The Hall–Kier alpha value is -1.09. The maximum Gasteiger partial charge on any atom is 0.304 e. The molecule has 2 nitrogen and oxygen atoms in total. The van der Waals surface area contributed by atoms with E-state index in [2.05, 4.69) is 0 Å². The predicted octanol–water partition coefficient (Wildman–Crippen LogP) is 3.29. The average molecular weight is 243 g/mol. The van der Waals surface area contributed by atoms with E-state index in [0.29, 0.717) is 11.1 Å². The van der Waals surface area contributed by atoms with Gasteiger partial charge in [-0.15, -0.1) is 0 Å². The molecular weight excluding hydrogens is 231 g/mol. The molecule has 1 saturated carbocycles. The number of aryl methyl sites for hydroxylation is 1. The van der Waals surface area contributed by atoms with Gasteiger partial charge in [0.2, 0.25) is 0 Å². The maximum atomic E-state index is 13.6. The molecule has 4 heteroatoms. The minimum absolute atomic E-state index is 0.0230. The summed E-state index contributed by atoms with van der Waals surface area (Å²) in [6.07, 6.45) is 1.55. The molecule has 0 saturated heterocycles. The van der Waals surface area contributed by atoms with E-state index < -0.39 is 17.2 Å². The van der Waals surface area contributed by atoms with Crippen molar-refractivity contribution in [3.8, 4) is 0 Å². The fourth-order valence-electron chi connectivity index (χ4n) is 2.04. The third-order valence-electron chi connectivity index (χ3n) is 3.19. The normalized spacial score (nSPS) is 17.2. The Balaban J connectivity index is 2.42. The van der Waals surface area contributed by atoms with Crippen molar-refractivity contribution in [2.75, 3.05) is 0 Å². The number of halogens is 2. The molecular formula is C12H12ClFO2. The quantitative estimate of drug-likeness (QED) is 0.883. The Morgan fingerprint density at radius 1 is 1.56 bits per heavy atom. The molecule has 1 aliphatic carbocycles. The van der Waals surface area contributed by atoms with Crippen molar-refractivity contribution in [3.05, 3.63) is 34.1 Å². The first kappa shape index (κ1) is 11.4. The molecule has 0 aromatic heterocycles. The standard InChI is InChI=1S/C12H12ClFO2/c1-7-2-3-8(10(13)11(7)14)12(4-5-12)6-9(15)16/h2-3H,4-6H2,1H3,(H,15,16). The van der Waals surface area contributed by atoms with Crippen LogP contribution in [0.2, 0.25) is 5.02 Å². The number of hydrogen-bond acceptors (Lipinski definition) is 1. The largest absolute Gasteiger partial charge is 0.481 e.